The molecule has 0 unspecified atom stereocenters. The van der Waals surface area contributed by atoms with Crippen LogP contribution >= 0.6 is 0 Å². The van der Waals surface area contributed by atoms with Crippen LogP contribution in [0.1, 0.15) is 172 Å². The third-order valence-electron chi connectivity index (χ3n) is 13.3. The molecule has 6 aromatic rings. The Balaban J connectivity index is 1.64. The van der Waals surface area contributed by atoms with Gasteiger partial charge in [-0.15, -0.1) is 0 Å². The number of rotatable bonds is 6. The van der Waals surface area contributed by atoms with Crippen LogP contribution in [-0.4, -0.2) is 14.2 Å². The molecule has 1 aliphatic carbocycles. The van der Waals surface area contributed by atoms with Gasteiger partial charge in [-0.3, -0.25) is 0 Å². The van der Waals surface area contributed by atoms with Crippen molar-refractivity contribution in [1.82, 2.24) is 0 Å². The van der Waals surface area contributed by atoms with Gasteiger partial charge in [0.15, 0.2) is 0 Å². The number of nitriles is 4. The lowest BCUT2D eigenvalue weighted by Crippen LogP contribution is -2.17. The molecule has 8 nitrogen and oxygen atoms in total. The average Bonchev–Trinajstić information content (AvgIpc) is 3.28. The zero-order chi connectivity index (χ0) is 51.1. The van der Waals surface area contributed by atoms with E-state index in [1.54, 1.807) is 50.6 Å². The van der Waals surface area contributed by atoms with Crippen LogP contribution in [0, 0.1) is 45.3 Å². The van der Waals surface area contributed by atoms with Crippen molar-refractivity contribution >= 4 is 0 Å². The van der Waals surface area contributed by atoms with Crippen LogP contribution in [0.15, 0.2) is 84.9 Å². The molecular weight excluding hydrogens is 865 g/mol. The van der Waals surface area contributed by atoms with E-state index in [1.807, 2.05) is 0 Å². The molecule has 0 saturated heterocycles. The van der Waals surface area contributed by atoms with E-state index in [-0.39, 0.29) is 43.9 Å². The molecule has 70 heavy (non-hydrogen) atoms. The van der Waals surface area contributed by atoms with Gasteiger partial charge >= 0.3 is 0 Å². The number of nitrogens with zero attached hydrogens (tertiary/aromatic N) is 4. The largest absolute Gasteiger partial charge is 0.496 e. The van der Waals surface area contributed by atoms with E-state index in [1.165, 1.54) is 0 Å². The first-order valence-corrected chi connectivity index (χ1v) is 23.9. The maximum absolute atomic E-state index is 10.1. The smallest absolute Gasteiger partial charge is 0.134 e. The van der Waals surface area contributed by atoms with Crippen molar-refractivity contribution in [2.75, 3.05) is 14.2 Å². The quantitative estimate of drug-likeness (QED) is 0.161. The Kier molecular flexibility index (Phi) is 13.7. The van der Waals surface area contributed by atoms with Crippen molar-refractivity contribution < 1.29 is 18.9 Å². The molecule has 8 heteroatoms. The minimum Gasteiger partial charge on any atom is -0.496 e. The fourth-order valence-electron chi connectivity index (χ4n) is 9.20. The molecule has 0 N–H and O–H groups in total. The van der Waals surface area contributed by atoms with Gasteiger partial charge in [-0.2, -0.15) is 21.0 Å². The van der Waals surface area contributed by atoms with Crippen molar-refractivity contribution in [2.24, 2.45) is 0 Å². The Hall–Kier alpha value is -7.52. The standard InChI is InChI=1S/C62H64N4O4/c1-59(2,3)49-23-39-19-43-27-51(61(7,8)9)29-45(57(43)69-53-17-15-37(33-63)47(31-53)35-65)21-41-25-50(60(4,5)6)26-42(56(41)68-14)22-46-30-52(62(10,11)12)28-44(20-40(24-49)55(39)67-13)58(46)70-54-18-16-38(34-64)48(32-54)36-66/h15-18,23-32H,19-22H2,1-14H3. The fraction of sp³-hybridized carbons (Fsp3) is 0.355. The van der Waals surface area contributed by atoms with Crippen molar-refractivity contribution in [3.8, 4) is 58.8 Å². The molecule has 7 rings (SSSR count). The van der Waals surface area contributed by atoms with Gasteiger partial charge in [0.2, 0.25) is 0 Å². The lowest BCUT2D eigenvalue weighted by Gasteiger charge is -2.29. The molecule has 0 aromatic heterocycles. The highest BCUT2D eigenvalue weighted by Gasteiger charge is 2.30. The highest BCUT2D eigenvalue weighted by molar-refractivity contribution is 5.62. The van der Waals surface area contributed by atoms with E-state index in [0.717, 1.165) is 78.3 Å². The van der Waals surface area contributed by atoms with Gasteiger partial charge < -0.3 is 18.9 Å². The van der Waals surface area contributed by atoms with Crippen LogP contribution in [0.4, 0.5) is 0 Å². The normalized spacial score (nSPS) is 12.7. The Morgan fingerprint density at radius 3 is 0.757 bits per heavy atom. The number of fused-ring (bicyclic) bond motifs is 8. The van der Waals surface area contributed by atoms with Crippen LogP contribution in [0.5, 0.6) is 34.5 Å². The van der Waals surface area contributed by atoms with E-state index in [2.05, 4.69) is 156 Å². The fourth-order valence-corrected chi connectivity index (χ4v) is 9.20. The summed E-state index contributed by atoms with van der Waals surface area (Å²) in [4.78, 5) is 0. The Bertz CT molecular complexity index is 2900. The maximum Gasteiger partial charge on any atom is 0.134 e. The maximum atomic E-state index is 10.1. The van der Waals surface area contributed by atoms with Crippen LogP contribution in [0.3, 0.4) is 0 Å². The molecule has 0 aliphatic heterocycles. The van der Waals surface area contributed by atoms with Crippen LogP contribution in [0.25, 0.3) is 0 Å². The van der Waals surface area contributed by atoms with Crippen molar-refractivity contribution in [1.29, 1.82) is 21.0 Å². The average molecular weight is 929 g/mol. The molecule has 1 aliphatic rings. The summed E-state index contributed by atoms with van der Waals surface area (Å²) in [5.41, 5.74) is 12.3. The molecule has 0 radical (unpaired) electrons. The van der Waals surface area contributed by atoms with Crippen LogP contribution < -0.4 is 18.9 Å². The van der Waals surface area contributed by atoms with Gasteiger partial charge in [0, 0.05) is 25.7 Å². The lowest BCUT2D eigenvalue weighted by molar-refractivity contribution is 0.403. The minimum absolute atomic E-state index is 0.239. The number of methoxy groups -OCH3 is 2. The lowest BCUT2D eigenvalue weighted by atomic mass is 9.79. The van der Waals surface area contributed by atoms with Gasteiger partial charge in [0.25, 0.3) is 0 Å². The monoisotopic (exact) mass is 928 g/mol. The minimum atomic E-state index is -0.248. The summed E-state index contributed by atoms with van der Waals surface area (Å²) in [7, 11) is 3.46. The second kappa shape index (κ2) is 19.1. The first-order valence-electron chi connectivity index (χ1n) is 23.9. The summed E-state index contributed by atoms with van der Waals surface area (Å²) in [6.45, 7) is 26.6. The van der Waals surface area contributed by atoms with Crippen LogP contribution in [0.2, 0.25) is 0 Å². The van der Waals surface area contributed by atoms with E-state index in [4.69, 9.17) is 18.9 Å². The molecular formula is C62H64N4O4. The Labute approximate surface area is 415 Å². The van der Waals surface area contributed by atoms with E-state index in [9.17, 15) is 21.0 Å². The summed E-state index contributed by atoms with van der Waals surface area (Å²) < 4.78 is 27.2. The highest BCUT2D eigenvalue weighted by atomic mass is 16.5. The Morgan fingerprint density at radius 2 is 0.557 bits per heavy atom. The molecule has 0 atom stereocenters. The van der Waals surface area contributed by atoms with Crippen molar-refractivity contribution in [2.45, 2.75) is 130 Å². The van der Waals surface area contributed by atoms with Crippen LogP contribution in [-0.2, 0) is 47.3 Å². The number of hydrogen-bond donors (Lipinski definition) is 0. The van der Waals surface area contributed by atoms with Gasteiger partial charge in [-0.25, -0.2) is 0 Å². The third kappa shape index (κ3) is 10.5. The summed E-state index contributed by atoms with van der Waals surface area (Å²) in [5.74, 6) is 3.73. The second-order valence-corrected chi connectivity index (χ2v) is 22.7. The van der Waals surface area contributed by atoms with Gasteiger partial charge in [0.1, 0.15) is 58.8 Å². The number of benzene rings is 6. The summed E-state index contributed by atoms with van der Waals surface area (Å²) in [6.07, 6.45) is 1.77. The molecule has 356 valence electrons. The predicted molar refractivity (Wildman–Crippen MR) is 277 cm³/mol. The molecule has 0 amide bonds. The molecule has 6 aromatic carbocycles. The predicted octanol–water partition coefficient (Wildman–Crippen LogP) is 14.6. The van der Waals surface area contributed by atoms with Gasteiger partial charge in [0.05, 0.1) is 36.5 Å². The zero-order valence-corrected chi connectivity index (χ0v) is 43.3. The number of ether oxygens (including phenoxy) is 4. The van der Waals surface area contributed by atoms with E-state index >= 15 is 0 Å². The summed E-state index contributed by atoms with van der Waals surface area (Å²) in [6, 6.07) is 36.7. The number of hydrogen-bond acceptors (Lipinski definition) is 8. The van der Waals surface area contributed by atoms with E-state index < -0.39 is 0 Å². The van der Waals surface area contributed by atoms with E-state index in [0.29, 0.717) is 48.7 Å². The topological polar surface area (TPSA) is 132 Å². The highest BCUT2D eigenvalue weighted by Crippen LogP contribution is 2.46. The third-order valence-corrected chi connectivity index (χ3v) is 13.3. The molecule has 8 bridgehead atoms. The molecule has 0 fully saturated rings. The first-order chi connectivity index (χ1) is 32.9. The van der Waals surface area contributed by atoms with Crippen molar-refractivity contribution in [3.63, 3.8) is 0 Å². The van der Waals surface area contributed by atoms with Gasteiger partial charge in [-0.05, 0) is 125 Å². The molecule has 0 heterocycles. The zero-order valence-electron chi connectivity index (χ0n) is 43.3. The SMILES string of the molecule is COc1c2cc(C(C)(C)C)cc1Cc1cc(C(C)(C)C)cc(c1Oc1ccc(C#N)c(C#N)c1)Cc1cc(C(C)(C)C)cc(c1OC)Cc1cc(C(C)(C)C)cc(c1Oc1ccc(C#N)c(C#N)c1)C2. The van der Waals surface area contributed by atoms with Crippen molar-refractivity contribution in [3.05, 3.63) is 174 Å². The summed E-state index contributed by atoms with van der Waals surface area (Å²) >= 11 is 0. The molecule has 0 spiro atoms. The Morgan fingerprint density at radius 1 is 0.329 bits per heavy atom. The summed E-state index contributed by atoms with van der Waals surface area (Å²) in [5, 5.41) is 39.9. The van der Waals surface area contributed by atoms with Gasteiger partial charge in [-0.1, -0.05) is 132 Å². The second-order valence-electron chi connectivity index (χ2n) is 22.7. The molecule has 0 saturated carbocycles. The first kappa shape index (κ1) is 50.4.